The van der Waals surface area contributed by atoms with Crippen LogP contribution in [0.3, 0.4) is 0 Å². The van der Waals surface area contributed by atoms with Crippen molar-refractivity contribution in [1.29, 1.82) is 0 Å². The number of nitrogens with zero attached hydrogens (tertiary/aromatic N) is 3. The van der Waals surface area contributed by atoms with Crippen LogP contribution in [0.4, 0.5) is 0 Å². The van der Waals surface area contributed by atoms with E-state index in [0.717, 1.165) is 25.2 Å². The lowest BCUT2D eigenvalue weighted by Gasteiger charge is -2.14. The molecular formula is C12H18N4S. The molecule has 0 spiro atoms. The van der Waals surface area contributed by atoms with Crippen molar-refractivity contribution in [2.45, 2.75) is 32.9 Å². The highest BCUT2D eigenvalue weighted by atomic mass is 32.1. The highest BCUT2D eigenvalue weighted by molar-refractivity contribution is 7.09. The zero-order valence-electron chi connectivity index (χ0n) is 10.3. The Labute approximate surface area is 106 Å². The quantitative estimate of drug-likeness (QED) is 0.856. The van der Waals surface area contributed by atoms with Crippen molar-refractivity contribution in [3.8, 4) is 0 Å². The molecule has 17 heavy (non-hydrogen) atoms. The monoisotopic (exact) mass is 250 g/mol. The largest absolute Gasteiger partial charge is 0.336 e. The fourth-order valence-electron chi connectivity index (χ4n) is 1.73. The first-order valence-corrected chi connectivity index (χ1v) is 6.78. The van der Waals surface area contributed by atoms with Crippen molar-refractivity contribution >= 4 is 11.3 Å². The zero-order valence-corrected chi connectivity index (χ0v) is 11.1. The van der Waals surface area contributed by atoms with Crippen LogP contribution < -0.4 is 5.32 Å². The van der Waals surface area contributed by atoms with E-state index in [1.807, 2.05) is 25.6 Å². The van der Waals surface area contributed by atoms with E-state index in [2.05, 4.69) is 32.2 Å². The van der Waals surface area contributed by atoms with Gasteiger partial charge in [-0.2, -0.15) is 0 Å². The van der Waals surface area contributed by atoms with Crippen molar-refractivity contribution in [3.05, 3.63) is 34.8 Å². The zero-order chi connectivity index (χ0) is 12.1. The SMILES string of the molecule is CCC(NCCn1ccnc1)c1nc(C)cs1. The van der Waals surface area contributed by atoms with Crippen LogP contribution in [-0.2, 0) is 6.54 Å². The number of imidazole rings is 1. The van der Waals surface area contributed by atoms with Gasteiger partial charge in [0.25, 0.3) is 0 Å². The Morgan fingerprint density at radius 3 is 3.00 bits per heavy atom. The summed E-state index contributed by atoms with van der Waals surface area (Å²) in [5.41, 5.74) is 1.11. The summed E-state index contributed by atoms with van der Waals surface area (Å²) in [6, 6.07) is 0.372. The van der Waals surface area contributed by atoms with E-state index in [9.17, 15) is 0 Å². The normalized spacial score (nSPS) is 12.8. The second kappa shape index (κ2) is 5.93. The molecule has 0 bridgehead atoms. The molecule has 0 aliphatic rings. The predicted octanol–water partition coefficient (Wildman–Crippen LogP) is 2.39. The van der Waals surface area contributed by atoms with Crippen molar-refractivity contribution in [2.75, 3.05) is 6.54 Å². The summed E-state index contributed by atoms with van der Waals surface area (Å²) >= 11 is 1.74. The Balaban J connectivity index is 1.84. The highest BCUT2D eigenvalue weighted by Gasteiger charge is 2.11. The number of aromatic nitrogens is 3. The van der Waals surface area contributed by atoms with Gasteiger partial charge < -0.3 is 9.88 Å². The van der Waals surface area contributed by atoms with Crippen LogP contribution in [0.1, 0.15) is 30.1 Å². The van der Waals surface area contributed by atoms with Crippen molar-refractivity contribution in [3.63, 3.8) is 0 Å². The predicted molar refractivity (Wildman–Crippen MR) is 70.1 cm³/mol. The van der Waals surface area contributed by atoms with Gasteiger partial charge in [0, 0.05) is 36.6 Å². The van der Waals surface area contributed by atoms with Gasteiger partial charge >= 0.3 is 0 Å². The third-order valence-corrected chi connectivity index (χ3v) is 3.74. The Morgan fingerprint density at radius 2 is 2.41 bits per heavy atom. The van der Waals surface area contributed by atoms with E-state index >= 15 is 0 Å². The summed E-state index contributed by atoms with van der Waals surface area (Å²) in [5.74, 6) is 0. The van der Waals surface area contributed by atoms with Gasteiger partial charge in [0.2, 0.25) is 0 Å². The third-order valence-electron chi connectivity index (χ3n) is 2.66. The van der Waals surface area contributed by atoms with Gasteiger partial charge in [0.1, 0.15) is 5.01 Å². The smallest absolute Gasteiger partial charge is 0.110 e. The van der Waals surface area contributed by atoms with Crippen LogP contribution in [0, 0.1) is 6.92 Å². The van der Waals surface area contributed by atoms with E-state index in [1.54, 1.807) is 11.3 Å². The fourth-order valence-corrected chi connectivity index (χ4v) is 2.68. The maximum absolute atomic E-state index is 4.53. The van der Waals surface area contributed by atoms with Gasteiger partial charge in [-0.25, -0.2) is 9.97 Å². The Hall–Kier alpha value is -1.20. The van der Waals surface area contributed by atoms with Gasteiger partial charge in [-0.15, -0.1) is 11.3 Å². The lowest BCUT2D eigenvalue weighted by Crippen LogP contribution is -2.24. The Morgan fingerprint density at radius 1 is 1.53 bits per heavy atom. The first-order chi connectivity index (χ1) is 8.29. The average Bonchev–Trinajstić information content (AvgIpc) is 2.96. The summed E-state index contributed by atoms with van der Waals surface area (Å²) in [4.78, 5) is 8.56. The molecule has 0 aliphatic heterocycles. The van der Waals surface area contributed by atoms with Crippen LogP contribution in [0.15, 0.2) is 24.1 Å². The minimum Gasteiger partial charge on any atom is -0.336 e. The molecule has 5 heteroatoms. The summed E-state index contributed by atoms with van der Waals surface area (Å²) < 4.78 is 2.08. The topological polar surface area (TPSA) is 42.7 Å². The fraction of sp³-hybridized carbons (Fsp3) is 0.500. The molecule has 0 amide bonds. The van der Waals surface area contributed by atoms with Gasteiger partial charge in [-0.1, -0.05) is 6.92 Å². The summed E-state index contributed by atoms with van der Waals surface area (Å²) in [5, 5.41) is 6.83. The number of thiazole rings is 1. The van der Waals surface area contributed by atoms with Gasteiger partial charge in [0.05, 0.1) is 12.4 Å². The van der Waals surface area contributed by atoms with E-state index in [1.165, 1.54) is 5.01 Å². The standard InChI is InChI=1S/C12H18N4S/c1-3-11(12-15-10(2)8-17-12)14-5-7-16-6-4-13-9-16/h4,6,8-9,11,14H,3,5,7H2,1-2H3. The first-order valence-electron chi connectivity index (χ1n) is 5.90. The van der Waals surface area contributed by atoms with E-state index in [4.69, 9.17) is 0 Å². The van der Waals surface area contributed by atoms with Crippen LogP contribution in [0.5, 0.6) is 0 Å². The highest BCUT2D eigenvalue weighted by Crippen LogP contribution is 2.20. The third kappa shape index (κ3) is 3.38. The number of rotatable bonds is 6. The molecule has 0 aliphatic carbocycles. The number of aryl methyl sites for hydroxylation is 1. The molecule has 1 atom stereocenters. The summed E-state index contributed by atoms with van der Waals surface area (Å²) in [6.07, 6.45) is 6.70. The molecule has 2 aromatic rings. The molecular weight excluding hydrogens is 232 g/mol. The van der Waals surface area contributed by atoms with Gasteiger partial charge in [-0.3, -0.25) is 0 Å². The van der Waals surface area contributed by atoms with Gasteiger partial charge in [-0.05, 0) is 13.3 Å². The Kier molecular flexibility index (Phi) is 4.28. The van der Waals surface area contributed by atoms with Crippen molar-refractivity contribution in [2.24, 2.45) is 0 Å². The lowest BCUT2D eigenvalue weighted by molar-refractivity contribution is 0.490. The minimum atomic E-state index is 0.372. The molecule has 2 aromatic heterocycles. The van der Waals surface area contributed by atoms with Crippen LogP contribution in [0.2, 0.25) is 0 Å². The molecule has 2 heterocycles. The molecule has 0 saturated carbocycles. The van der Waals surface area contributed by atoms with Crippen molar-refractivity contribution < 1.29 is 0 Å². The van der Waals surface area contributed by atoms with Crippen LogP contribution in [0.25, 0.3) is 0 Å². The van der Waals surface area contributed by atoms with Crippen LogP contribution in [-0.4, -0.2) is 21.1 Å². The first kappa shape index (κ1) is 12.3. The summed E-state index contributed by atoms with van der Waals surface area (Å²) in [7, 11) is 0. The molecule has 0 aromatic carbocycles. The maximum atomic E-state index is 4.53. The van der Waals surface area contributed by atoms with Gasteiger partial charge in [0.15, 0.2) is 0 Å². The molecule has 0 saturated heterocycles. The molecule has 4 nitrogen and oxygen atoms in total. The number of hydrogen-bond acceptors (Lipinski definition) is 4. The summed E-state index contributed by atoms with van der Waals surface area (Å²) in [6.45, 7) is 6.11. The minimum absolute atomic E-state index is 0.372. The van der Waals surface area contributed by atoms with E-state index in [0.29, 0.717) is 6.04 Å². The number of hydrogen-bond donors (Lipinski definition) is 1. The molecule has 92 valence electrons. The lowest BCUT2D eigenvalue weighted by atomic mass is 10.2. The second-order valence-corrected chi connectivity index (χ2v) is 4.93. The molecule has 0 fully saturated rings. The maximum Gasteiger partial charge on any atom is 0.110 e. The Bertz CT molecular complexity index is 435. The molecule has 1 N–H and O–H groups in total. The molecule has 1 unspecified atom stereocenters. The van der Waals surface area contributed by atoms with Crippen molar-refractivity contribution in [1.82, 2.24) is 19.9 Å². The number of nitrogens with one attached hydrogen (secondary N) is 1. The average molecular weight is 250 g/mol. The molecule has 0 radical (unpaired) electrons. The second-order valence-electron chi connectivity index (χ2n) is 4.04. The van der Waals surface area contributed by atoms with Crippen LogP contribution >= 0.6 is 11.3 Å². The van der Waals surface area contributed by atoms with E-state index < -0.39 is 0 Å². The van der Waals surface area contributed by atoms with E-state index in [-0.39, 0.29) is 0 Å². The molecule has 2 rings (SSSR count).